The van der Waals surface area contributed by atoms with Crippen molar-refractivity contribution in [2.24, 2.45) is 0 Å². The zero-order valence-corrected chi connectivity index (χ0v) is 9.49. The van der Waals surface area contributed by atoms with Crippen LogP contribution in [0, 0.1) is 0 Å². The van der Waals surface area contributed by atoms with Crippen molar-refractivity contribution in [3.05, 3.63) is 0 Å². The monoisotopic (exact) mass is 214 g/mol. The molecule has 0 aromatic carbocycles. The molecule has 0 saturated carbocycles. The van der Waals surface area contributed by atoms with E-state index in [-0.39, 0.29) is 5.91 Å². The lowest BCUT2D eigenvalue weighted by Crippen LogP contribution is -2.62. The van der Waals surface area contributed by atoms with E-state index in [1.807, 2.05) is 11.9 Å². The molecule has 0 aliphatic carbocycles. The Labute approximate surface area is 89.7 Å². The highest BCUT2D eigenvalue weighted by Gasteiger charge is 2.46. The summed E-state index contributed by atoms with van der Waals surface area (Å²) in [7, 11) is 3.44. The molecule has 1 atom stereocenters. The number of carboxylic acid groups (broad SMARTS) is 1. The fraction of sp³-hybridized carbons (Fsp3) is 0.800. The summed E-state index contributed by atoms with van der Waals surface area (Å²) in [6.45, 7) is 2.69. The van der Waals surface area contributed by atoms with Gasteiger partial charge in [0.25, 0.3) is 0 Å². The summed E-state index contributed by atoms with van der Waals surface area (Å²) in [5.74, 6) is -1.11. The lowest BCUT2D eigenvalue weighted by atomic mass is 9.87. The van der Waals surface area contributed by atoms with E-state index in [9.17, 15) is 14.7 Å². The van der Waals surface area contributed by atoms with Crippen molar-refractivity contribution in [1.82, 2.24) is 9.80 Å². The Bertz CT molecular complexity index is 280. The van der Waals surface area contributed by atoms with E-state index in [1.54, 1.807) is 7.05 Å². The normalized spacial score (nSPS) is 27.4. The molecule has 1 rings (SSSR count). The molecule has 1 heterocycles. The van der Waals surface area contributed by atoms with Gasteiger partial charge in [0.2, 0.25) is 5.91 Å². The molecule has 5 heteroatoms. The number of carboxylic acids is 1. The van der Waals surface area contributed by atoms with Crippen LogP contribution in [-0.4, -0.2) is 59.5 Å². The lowest BCUT2D eigenvalue weighted by molar-refractivity contribution is -0.160. The Morgan fingerprint density at radius 1 is 1.47 bits per heavy atom. The van der Waals surface area contributed by atoms with Crippen LogP contribution >= 0.6 is 0 Å². The molecular weight excluding hydrogens is 196 g/mol. The van der Waals surface area contributed by atoms with Crippen LogP contribution < -0.4 is 0 Å². The van der Waals surface area contributed by atoms with Crippen molar-refractivity contribution in [3.63, 3.8) is 0 Å². The Morgan fingerprint density at radius 3 is 2.47 bits per heavy atom. The van der Waals surface area contributed by atoms with Crippen molar-refractivity contribution < 1.29 is 14.7 Å². The molecule has 0 spiro atoms. The van der Waals surface area contributed by atoms with Gasteiger partial charge in [-0.2, -0.15) is 0 Å². The second-order valence-corrected chi connectivity index (χ2v) is 4.26. The summed E-state index contributed by atoms with van der Waals surface area (Å²) in [5.41, 5.74) is -1.04. The van der Waals surface area contributed by atoms with Gasteiger partial charge in [0.1, 0.15) is 0 Å². The van der Waals surface area contributed by atoms with Crippen LogP contribution in [0.25, 0.3) is 0 Å². The highest BCUT2D eigenvalue weighted by Crippen LogP contribution is 2.26. The number of hydrogen-bond donors (Lipinski definition) is 1. The number of piperidine rings is 1. The zero-order chi connectivity index (χ0) is 11.6. The highest BCUT2D eigenvalue weighted by atomic mass is 16.4. The average Bonchev–Trinajstić information content (AvgIpc) is 2.16. The summed E-state index contributed by atoms with van der Waals surface area (Å²) in [6.07, 6.45) is 1.34. The van der Waals surface area contributed by atoms with Gasteiger partial charge in [-0.05, 0) is 26.4 Å². The largest absolute Gasteiger partial charge is 0.479 e. The molecule has 1 aliphatic rings. The van der Waals surface area contributed by atoms with Gasteiger partial charge in [0, 0.05) is 20.5 Å². The zero-order valence-electron chi connectivity index (χ0n) is 9.49. The Balaban J connectivity index is 2.97. The smallest absolute Gasteiger partial charge is 0.330 e. The molecule has 1 unspecified atom stereocenters. The van der Waals surface area contributed by atoms with Gasteiger partial charge in [-0.15, -0.1) is 0 Å². The third kappa shape index (κ3) is 2.12. The summed E-state index contributed by atoms with van der Waals surface area (Å²) < 4.78 is 0. The van der Waals surface area contributed by atoms with E-state index in [1.165, 1.54) is 11.8 Å². The van der Waals surface area contributed by atoms with Gasteiger partial charge >= 0.3 is 5.97 Å². The molecule has 5 nitrogen and oxygen atoms in total. The minimum absolute atomic E-state index is 0.201. The molecule has 0 bridgehead atoms. The lowest BCUT2D eigenvalue weighted by Gasteiger charge is -2.43. The van der Waals surface area contributed by atoms with Gasteiger partial charge in [-0.3, -0.25) is 4.79 Å². The molecule has 0 aromatic rings. The van der Waals surface area contributed by atoms with Crippen molar-refractivity contribution in [3.8, 4) is 0 Å². The first-order valence-corrected chi connectivity index (χ1v) is 5.06. The molecule has 86 valence electrons. The topological polar surface area (TPSA) is 60.9 Å². The summed E-state index contributed by atoms with van der Waals surface area (Å²) >= 11 is 0. The second kappa shape index (κ2) is 4.18. The second-order valence-electron chi connectivity index (χ2n) is 4.26. The maximum Gasteiger partial charge on any atom is 0.330 e. The number of amides is 1. The van der Waals surface area contributed by atoms with E-state index < -0.39 is 11.5 Å². The molecule has 1 saturated heterocycles. The summed E-state index contributed by atoms with van der Waals surface area (Å²) in [6, 6.07) is 0. The summed E-state index contributed by atoms with van der Waals surface area (Å²) in [4.78, 5) is 26.0. The Morgan fingerprint density at radius 2 is 2.07 bits per heavy atom. The molecule has 1 aliphatic heterocycles. The third-order valence-corrected chi connectivity index (χ3v) is 3.17. The molecule has 1 N–H and O–H groups in total. The van der Waals surface area contributed by atoms with Gasteiger partial charge in [-0.1, -0.05) is 0 Å². The van der Waals surface area contributed by atoms with Gasteiger partial charge in [-0.25, -0.2) is 4.79 Å². The van der Waals surface area contributed by atoms with E-state index >= 15 is 0 Å². The quantitative estimate of drug-likeness (QED) is 0.703. The molecule has 1 amide bonds. The van der Waals surface area contributed by atoms with E-state index in [4.69, 9.17) is 0 Å². The minimum Gasteiger partial charge on any atom is -0.479 e. The van der Waals surface area contributed by atoms with Crippen LogP contribution in [0.5, 0.6) is 0 Å². The van der Waals surface area contributed by atoms with Crippen molar-refractivity contribution in [2.75, 3.05) is 27.2 Å². The van der Waals surface area contributed by atoms with Crippen molar-refractivity contribution in [2.45, 2.75) is 25.3 Å². The predicted molar refractivity (Wildman–Crippen MR) is 55.5 cm³/mol. The highest BCUT2D eigenvalue weighted by molar-refractivity contribution is 5.86. The number of likely N-dealkylation sites (N-methyl/N-ethyl adjacent to an activating group) is 2. The maximum atomic E-state index is 11.3. The molecular formula is C10H18N2O3. The van der Waals surface area contributed by atoms with Crippen molar-refractivity contribution in [1.29, 1.82) is 0 Å². The number of rotatable bonds is 2. The fourth-order valence-electron chi connectivity index (χ4n) is 2.14. The van der Waals surface area contributed by atoms with E-state index in [0.717, 1.165) is 13.0 Å². The first kappa shape index (κ1) is 12.0. The number of hydrogen-bond acceptors (Lipinski definition) is 3. The summed E-state index contributed by atoms with van der Waals surface area (Å²) in [5, 5.41) is 9.31. The predicted octanol–water partition coefficient (Wildman–Crippen LogP) is 0.0137. The fourth-order valence-corrected chi connectivity index (χ4v) is 2.14. The van der Waals surface area contributed by atoms with Crippen molar-refractivity contribution >= 4 is 11.9 Å². The van der Waals surface area contributed by atoms with Crippen LogP contribution in [0.1, 0.15) is 19.8 Å². The average molecular weight is 214 g/mol. The molecule has 1 fully saturated rings. The molecule has 0 aromatic heterocycles. The van der Waals surface area contributed by atoms with Crippen LogP contribution in [-0.2, 0) is 9.59 Å². The van der Waals surface area contributed by atoms with Crippen LogP contribution in [0.2, 0.25) is 0 Å². The van der Waals surface area contributed by atoms with Gasteiger partial charge in [0.15, 0.2) is 5.54 Å². The van der Waals surface area contributed by atoms with Crippen LogP contribution in [0.3, 0.4) is 0 Å². The number of aliphatic carboxylic acids is 1. The number of carbonyl (C=O) groups excluding carboxylic acids is 1. The first-order valence-electron chi connectivity index (χ1n) is 5.06. The number of carbonyl (C=O) groups is 2. The number of likely N-dealkylation sites (tertiary alicyclic amines) is 1. The first-order chi connectivity index (χ1) is 6.90. The van der Waals surface area contributed by atoms with Crippen LogP contribution in [0.4, 0.5) is 0 Å². The SMILES string of the molecule is CC(=O)N(C)C1(C(=O)O)CCCN(C)C1. The van der Waals surface area contributed by atoms with Gasteiger partial charge in [0.05, 0.1) is 0 Å². The number of nitrogens with zero attached hydrogens (tertiary/aromatic N) is 2. The third-order valence-electron chi connectivity index (χ3n) is 3.17. The van der Waals surface area contributed by atoms with E-state index in [0.29, 0.717) is 13.0 Å². The van der Waals surface area contributed by atoms with E-state index in [2.05, 4.69) is 0 Å². The van der Waals surface area contributed by atoms with Gasteiger partial charge < -0.3 is 14.9 Å². The Kier molecular flexibility index (Phi) is 3.34. The molecule has 0 radical (unpaired) electrons. The Hall–Kier alpha value is -1.10. The standard InChI is InChI=1S/C10H18N2O3/c1-8(13)12(3)10(9(14)15)5-4-6-11(2)7-10/h4-7H2,1-3H3,(H,14,15). The maximum absolute atomic E-state index is 11.3. The molecule has 15 heavy (non-hydrogen) atoms. The van der Waals surface area contributed by atoms with Crippen LogP contribution in [0.15, 0.2) is 0 Å². The minimum atomic E-state index is -1.04.